The summed E-state index contributed by atoms with van der Waals surface area (Å²) in [6.45, 7) is 2.23. The monoisotopic (exact) mass is 478 g/mol. The number of anilines is 2. The van der Waals surface area contributed by atoms with Crippen molar-refractivity contribution in [2.75, 3.05) is 5.32 Å². The number of nitrogens with zero attached hydrogens (tertiary/aromatic N) is 3. The molecule has 2 aromatic carbocycles. The highest BCUT2D eigenvalue weighted by Gasteiger charge is 2.11. The maximum absolute atomic E-state index is 12.7. The maximum Gasteiger partial charge on any atom is 0.265 e. The van der Waals surface area contributed by atoms with E-state index in [1.54, 1.807) is 48.9 Å². The Morgan fingerprint density at radius 3 is 2.58 bits per heavy atom. The standard InChI is InChI=1S/C24H20Cl2N6O/c1-15-7-8-16(23(33)32-29-14-18-19(25)5-2-6-20(18)26)12-22(15)31-24-28-11-9-21(30-24)17-4-3-10-27-13-17/h2-13,29H,14H2,1H3,(H,32,33)(H,28,30,31). The van der Waals surface area contributed by atoms with Gasteiger partial charge in [-0.2, -0.15) is 0 Å². The van der Waals surface area contributed by atoms with Crippen molar-refractivity contribution in [1.82, 2.24) is 25.8 Å². The highest BCUT2D eigenvalue weighted by Crippen LogP contribution is 2.24. The van der Waals surface area contributed by atoms with Crippen LogP contribution in [0.5, 0.6) is 0 Å². The third-order valence-corrected chi connectivity index (χ3v) is 5.60. The number of amides is 1. The molecular formula is C24H20Cl2N6O. The number of aromatic nitrogens is 3. The van der Waals surface area contributed by atoms with E-state index < -0.39 is 0 Å². The Morgan fingerprint density at radius 1 is 1.00 bits per heavy atom. The SMILES string of the molecule is Cc1ccc(C(=O)NNCc2c(Cl)cccc2Cl)cc1Nc1nccc(-c2cccnc2)n1. The fourth-order valence-electron chi connectivity index (χ4n) is 3.10. The average molecular weight is 479 g/mol. The second-order valence-corrected chi connectivity index (χ2v) is 7.98. The Hall–Kier alpha value is -3.52. The van der Waals surface area contributed by atoms with E-state index in [-0.39, 0.29) is 12.5 Å². The summed E-state index contributed by atoms with van der Waals surface area (Å²) in [5, 5.41) is 4.25. The van der Waals surface area contributed by atoms with Crippen molar-refractivity contribution in [1.29, 1.82) is 0 Å². The van der Waals surface area contributed by atoms with Gasteiger partial charge in [-0.15, -0.1) is 0 Å². The highest BCUT2D eigenvalue weighted by atomic mass is 35.5. The number of hydrazine groups is 1. The minimum atomic E-state index is -0.300. The molecule has 7 nitrogen and oxygen atoms in total. The summed E-state index contributed by atoms with van der Waals surface area (Å²) in [6.07, 6.45) is 5.13. The predicted molar refractivity (Wildman–Crippen MR) is 130 cm³/mol. The average Bonchev–Trinajstić information content (AvgIpc) is 2.83. The zero-order valence-electron chi connectivity index (χ0n) is 17.6. The molecule has 2 aromatic heterocycles. The largest absolute Gasteiger partial charge is 0.324 e. The van der Waals surface area contributed by atoms with Crippen molar-refractivity contribution in [3.63, 3.8) is 0 Å². The number of hydrogen-bond acceptors (Lipinski definition) is 6. The first kappa shape index (κ1) is 22.7. The molecule has 0 aliphatic rings. The number of halogens is 2. The summed E-state index contributed by atoms with van der Waals surface area (Å²) in [7, 11) is 0. The first-order chi connectivity index (χ1) is 16.0. The van der Waals surface area contributed by atoms with Gasteiger partial charge >= 0.3 is 0 Å². The van der Waals surface area contributed by atoms with Crippen molar-refractivity contribution in [2.24, 2.45) is 0 Å². The van der Waals surface area contributed by atoms with E-state index in [0.717, 1.165) is 22.5 Å². The Morgan fingerprint density at radius 2 is 1.82 bits per heavy atom. The number of aryl methyl sites for hydroxylation is 1. The van der Waals surface area contributed by atoms with Gasteiger partial charge in [-0.25, -0.2) is 15.4 Å². The number of rotatable bonds is 7. The second kappa shape index (κ2) is 10.4. The summed E-state index contributed by atoms with van der Waals surface area (Å²) in [6, 6.07) is 16.2. The predicted octanol–water partition coefficient (Wildman–Crippen LogP) is 5.33. The number of pyridine rings is 1. The third-order valence-electron chi connectivity index (χ3n) is 4.89. The summed E-state index contributed by atoms with van der Waals surface area (Å²) in [5.41, 5.74) is 10.0. The number of carbonyl (C=O) groups is 1. The Labute approximate surface area is 201 Å². The van der Waals surface area contributed by atoms with Crippen LogP contribution < -0.4 is 16.2 Å². The zero-order chi connectivity index (χ0) is 23.2. The molecule has 0 saturated heterocycles. The van der Waals surface area contributed by atoms with Crippen LogP contribution >= 0.6 is 23.2 Å². The van der Waals surface area contributed by atoms with Gasteiger partial charge in [-0.3, -0.25) is 15.2 Å². The minimum absolute atomic E-state index is 0.288. The molecule has 166 valence electrons. The lowest BCUT2D eigenvalue weighted by atomic mass is 10.1. The molecule has 33 heavy (non-hydrogen) atoms. The molecule has 0 radical (unpaired) electrons. The van der Waals surface area contributed by atoms with E-state index in [1.165, 1.54) is 0 Å². The molecule has 4 rings (SSSR count). The van der Waals surface area contributed by atoms with Crippen LogP contribution in [0.2, 0.25) is 10.0 Å². The van der Waals surface area contributed by atoms with Crippen LogP contribution in [0.1, 0.15) is 21.5 Å². The molecule has 3 N–H and O–H groups in total. The Balaban J connectivity index is 1.45. The van der Waals surface area contributed by atoms with E-state index in [4.69, 9.17) is 23.2 Å². The number of hydrogen-bond donors (Lipinski definition) is 3. The molecular weight excluding hydrogens is 459 g/mol. The van der Waals surface area contributed by atoms with Crippen molar-refractivity contribution in [3.8, 4) is 11.3 Å². The topological polar surface area (TPSA) is 91.8 Å². The normalized spacial score (nSPS) is 10.6. The van der Waals surface area contributed by atoms with Crippen LogP contribution in [0.15, 0.2) is 73.2 Å². The molecule has 0 saturated carbocycles. The lowest BCUT2D eigenvalue weighted by molar-refractivity contribution is 0.0932. The molecule has 2 heterocycles. The first-order valence-electron chi connectivity index (χ1n) is 10.1. The van der Waals surface area contributed by atoms with Gasteiger partial charge in [0, 0.05) is 57.6 Å². The molecule has 0 atom stereocenters. The van der Waals surface area contributed by atoms with Crippen LogP contribution in [-0.4, -0.2) is 20.9 Å². The van der Waals surface area contributed by atoms with Crippen molar-refractivity contribution >= 4 is 40.7 Å². The maximum atomic E-state index is 12.7. The van der Waals surface area contributed by atoms with E-state index in [0.29, 0.717) is 27.1 Å². The molecule has 0 spiro atoms. The van der Waals surface area contributed by atoms with E-state index in [2.05, 4.69) is 31.1 Å². The lowest BCUT2D eigenvalue weighted by Gasteiger charge is -2.13. The molecule has 0 unspecified atom stereocenters. The number of nitrogens with one attached hydrogen (secondary N) is 3. The van der Waals surface area contributed by atoms with Gasteiger partial charge in [-0.1, -0.05) is 35.3 Å². The van der Waals surface area contributed by atoms with Crippen molar-refractivity contribution in [2.45, 2.75) is 13.5 Å². The lowest BCUT2D eigenvalue weighted by Crippen LogP contribution is -2.37. The van der Waals surface area contributed by atoms with Gasteiger partial charge in [0.25, 0.3) is 5.91 Å². The summed E-state index contributed by atoms with van der Waals surface area (Å²) in [5.74, 6) is 0.120. The quantitative estimate of drug-likeness (QED) is 0.311. The molecule has 9 heteroatoms. The van der Waals surface area contributed by atoms with Gasteiger partial charge in [0.1, 0.15) is 0 Å². The molecule has 0 bridgehead atoms. The minimum Gasteiger partial charge on any atom is -0.324 e. The fourth-order valence-corrected chi connectivity index (χ4v) is 3.63. The second-order valence-electron chi connectivity index (χ2n) is 7.17. The Kier molecular flexibility index (Phi) is 7.14. The van der Waals surface area contributed by atoms with Gasteiger partial charge in [-0.05, 0) is 55.0 Å². The van der Waals surface area contributed by atoms with Gasteiger partial charge < -0.3 is 5.32 Å². The summed E-state index contributed by atoms with van der Waals surface area (Å²) >= 11 is 12.3. The van der Waals surface area contributed by atoms with E-state index in [9.17, 15) is 4.79 Å². The van der Waals surface area contributed by atoms with Crippen molar-refractivity contribution < 1.29 is 4.79 Å². The molecule has 4 aromatic rings. The molecule has 0 aliphatic carbocycles. The first-order valence-corrected chi connectivity index (χ1v) is 10.8. The molecule has 1 amide bonds. The summed E-state index contributed by atoms with van der Waals surface area (Å²) in [4.78, 5) is 25.6. The van der Waals surface area contributed by atoms with Crippen LogP contribution in [-0.2, 0) is 6.54 Å². The number of benzene rings is 2. The van der Waals surface area contributed by atoms with Crippen LogP contribution in [0, 0.1) is 6.92 Å². The summed E-state index contributed by atoms with van der Waals surface area (Å²) < 4.78 is 0. The zero-order valence-corrected chi connectivity index (χ0v) is 19.2. The van der Waals surface area contributed by atoms with Crippen molar-refractivity contribution in [3.05, 3.63) is 99.9 Å². The van der Waals surface area contributed by atoms with Gasteiger partial charge in [0.05, 0.1) is 5.69 Å². The van der Waals surface area contributed by atoms with Gasteiger partial charge in [0.2, 0.25) is 5.95 Å². The van der Waals surface area contributed by atoms with E-state index in [1.807, 2.05) is 31.2 Å². The van der Waals surface area contributed by atoms with Gasteiger partial charge in [0.15, 0.2) is 0 Å². The number of carbonyl (C=O) groups excluding carboxylic acids is 1. The fraction of sp³-hybridized carbons (Fsp3) is 0.0833. The molecule has 0 fully saturated rings. The van der Waals surface area contributed by atoms with Crippen LogP contribution in [0.3, 0.4) is 0 Å². The third kappa shape index (κ3) is 5.64. The molecule has 0 aliphatic heterocycles. The Bertz CT molecular complexity index is 1260. The van der Waals surface area contributed by atoms with Crippen LogP contribution in [0.25, 0.3) is 11.3 Å². The smallest absolute Gasteiger partial charge is 0.265 e. The highest BCUT2D eigenvalue weighted by molar-refractivity contribution is 6.35. The van der Waals surface area contributed by atoms with Crippen LogP contribution in [0.4, 0.5) is 11.6 Å². The van der Waals surface area contributed by atoms with E-state index >= 15 is 0 Å².